The van der Waals surface area contributed by atoms with E-state index < -0.39 is 45.9 Å². The number of hydrogen-bond acceptors (Lipinski definition) is 7. The molecule has 9 nitrogen and oxygen atoms in total. The molecule has 0 saturated heterocycles. The summed E-state index contributed by atoms with van der Waals surface area (Å²) in [5, 5.41) is 2.63. The van der Waals surface area contributed by atoms with Crippen molar-refractivity contribution < 1.29 is 28.6 Å². The monoisotopic (exact) mass is 659 g/mol. The van der Waals surface area contributed by atoms with Gasteiger partial charge in [0.1, 0.15) is 12.2 Å². The second-order valence-electron chi connectivity index (χ2n) is 10.8. The van der Waals surface area contributed by atoms with Crippen LogP contribution in [-0.2, 0) is 24.5 Å². The third-order valence-electron chi connectivity index (χ3n) is 6.41. The second-order valence-corrected chi connectivity index (χ2v) is 13.3. The number of halogens is 3. The number of amides is 2. The van der Waals surface area contributed by atoms with Gasteiger partial charge in [0.15, 0.2) is 6.17 Å². The predicted molar refractivity (Wildman–Crippen MR) is 171 cm³/mol. The Hall–Kier alpha value is -3.79. The summed E-state index contributed by atoms with van der Waals surface area (Å²) in [6, 6.07) is 25.1. The zero-order chi connectivity index (χ0) is 32.1. The molecule has 0 spiro atoms. The van der Waals surface area contributed by atoms with E-state index in [1.54, 1.807) is 52.0 Å². The fraction of sp³-hybridized carbons (Fsp3) is 0.312. The van der Waals surface area contributed by atoms with Gasteiger partial charge in [0.2, 0.25) is 9.33 Å². The first kappa shape index (κ1) is 33.1. The largest absolute Gasteiger partial charge is 0.464 e. The molecule has 0 unspecified atom stereocenters. The van der Waals surface area contributed by atoms with Gasteiger partial charge in [0, 0.05) is 16.7 Å². The van der Waals surface area contributed by atoms with Crippen molar-refractivity contribution in [1.82, 2.24) is 5.32 Å². The lowest BCUT2D eigenvalue weighted by molar-refractivity contribution is -0.150. The van der Waals surface area contributed by atoms with Crippen molar-refractivity contribution in [3.63, 3.8) is 0 Å². The summed E-state index contributed by atoms with van der Waals surface area (Å²) in [5.74, 6) is -0.824. The first-order valence-electron chi connectivity index (χ1n) is 13.8. The van der Waals surface area contributed by atoms with E-state index in [0.29, 0.717) is 22.4 Å². The standard InChI is InChI=1S/C32H32Cl3N3O6/c1-5-42-27(39)32(37-25(21-14-8-6-9-15-21)22-16-10-7-11-17-22)23-18-12-13-19-24(23)38(29(41)44-30(2,3)4)26(32)36-28(40)43-20-31(33,34)35/h6-19,26H,5,20H2,1-4H3,(H,36,40)/t26-,32-/m1/s1. The van der Waals surface area contributed by atoms with Gasteiger partial charge in [-0.15, -0.1) is 0 Å². The van der Waals surface area contributed by atoms with E-state index in [4.69, 9.17) is 54.0 Å². The van der Waals surface area contributed by atoms with Gasteiger partial charge >= 0.3 is 18.2 Å². The number of aliphatic imine (C=N–C) groups is 1. The van der Waals surface area contributed by atoms with Gasteiger partial charge in [-0.3, -0.25) is 15.2 Å². The van der Waals surface area contributed by atoms with Crippen LogP contribution in [0.2, 0.25) is 0 Å². The Morgan fingerprint density at radius 1 is 0.864 bits per heavy atom. The van der Waals surface area contributed by atoms with E-state index in [1.807, 2.05) is 60.7 Å². The fourth-order valence-electron chi connectivity index (χ4n) is 4.76. The number of ether oxygens (including phenoxy) is 3. The Morgan fingerprint density at radius 2 is 1.41 bits per heavy atom. The van der Waals surface area contributed by atoms with Crippen LogP contribution in [0, 0.1) is 0 Å². The zero-order valence-electron chi connectivity index (χ0n) is 24.6. The molecular formula is C32H32Cl3N3O6. The van der Waals surface area contributed by atoms with Crippen molar-refractivity contribution in [3.8, 4) is 0 Å². The highest BCUT2D eigenvalue weighted by Crippen LogP contribution is 2.48. The van der Waals surface area contributed by atoms with Crippen LogP contribution in [0.25, 0.3) is 0 Å². The van der Waals surface area contributed by atoms with Gasteiger partial charge in [0.25, 0.3) is 0 Å². The maximum absolute atomic E-state index is 14.3. The van der Waals surface area contributed by atoms with Crippen LogP contribution in [0.1, 0.15) is 44.4 Å². The molecule has 12 heteroatoms. The molecule has 3 aromatic rings. The van der Waals surface area contributed by atoms with E-state index in [1.165, 1.54) is 0 Å². The molecule has 0 bridgehead atoms. The van der Waals surface area contributed by atoms with Crippen LogP contribution in [-0.4, -0.2) is 52.6 Å². The average molecular weight is 661 g/mol. The smallest absolute Gasteiger partial charge is 0.416 e. The summed E-state index contributed by atoms with van der Waals surface area (Å²) in [4.78, 5) is 47.7. The summed E-state index contributed by atoms with van der Waals surface area (Å²) in [6.45, 7) is 6.12. The summed E-state index contributed by atoms with van der Waals surface area (Å²) in [6.07, 6.45) is -3.45. The lowest BCUT2D eigenvalue weighted by Crippen LogP contribution is -2.61. The van der Waals surface area contributed by atoms with Gasteiger partial charge in [-0.1, -0.05) is 114 Å². The SMILES string of the molecule is CCOC(=O)[C@@]1(N=C(c2ccccc2)c2ccccc2)c2ccccc2N(C(=O)OC(C)(C)C)[C@H]1NC(=O)OCC(Cl)(Cl)Cl. The minimum Gasteiger partial charge on any atom is -0.464 e. The summed E-state index contributed by atoms with van der Waals surface area (Å²) in [5.41, 5.74) is -0.651. The predicted octanol–water partition coefficient (Wildman–Crippen LogP) is 7.16. The molecule has 2 atom stereocenters. The third kappa shape index (κ3) is 7.46. The zero-order valence-corrected chi connectivity index (χ0v) is 26.8. The molecule has 4 rings (SSSR count). The third-order valence-corrected chi connectivity index (χ3v) is 6.74. The number of esters is 1. The van der Waals surface area contributed by atoms with Crippen LogP contribution >= 0.6 is 34.8 Å². The Bertz CT molecular complexity index is 1480. The number of hydrogen-bond donors (Lipinski definition) is 1. The molecule has 232 valence electrons. The molecule has 0 aliphatic carbocycles. The van der Waals surface area contributed by atoms with Crippen molar-refractivity contribution in [2.75, 3.05) is 18.1 Å². The Balaban J connectivity index is 2.04. The topological polar surface area (TPSA) is 107 Å². The molecule has 0 aromatic heterocycles. The molecule has 1 heterocycles. The summed E-state index contributed by atoms with van der Waals surface area (Å²) >= 11 is 17.4. The second kappa shape index (κ2) is 13.5. The van der Waals surface area contributed by atoms with Crippen molar-refractivity contribution in [1.29, 1.82) is 0 Å². The number of alkyl carbamates (subject to hydrolysis) is 1. The van der Waals surface area contributed by atoms with Gasteiger partial charge in [-0.05, 0) is 33.8 Å². The van der Waals surface area contributed by atoms with Gasteiger partial charge < -0.3 is 14.2 Å². The first-order valence-corrected chi connectivity index (χ1v) is 14.9. The molecule has 0 radical (unpaired) electrons. The van der Waals surface area contributed by atoms with Gasteiger partial charge in [0.05, 0.1) is 18.0 Å². The number of nitrogens with one attached hydrogen (secondary N) is 1. The number of anilines is 1. The van der Waals surface area contributed by atoms with Crippen LogP contribution in [0.4, 0.5) is 15.3 Å². The summed E-state index contributed by atoms with van der Waals surface area (Å²) < 4.78 is 14.6. The fourth-order valence-corrected chi connectivity index (χ4v) is 4.92. The van der Waals surface area contributed by atoms with E-state index in [-0.39, 0.29) is 12.3 Å². The summed E-state index contributed by atoms with van der Waals surface area (Å²) in [7, 11) is 0. The first-order chi connectivity index (χ1) is 20.8. The van der Waals surface area contributed by atoms with Crippen LogP contribution in [0.5, 0.6) is 0 Å². The number of benzene rings is 3. The number of alkyl halides is 3. The molecule has 0 saturated carbocycles. The molecular weight excluding hydrogens is 629 g/mol. The number of carbonyl (C=O) groups is 3. The maximum atomic E-state index is 14.3. The molecule has 44 heavy (non-hydrogen) atoms. The Morgan fingerprint density at radius 3 is 1.93 bits per heavy atom. The molecule has 1 N–H and O–H groups in total. The van der Waals surface area contributed by atoms with Crippen LogP contribution in [0.15, 0.2) is 89.9 Å². The quantitative estimate of drug-likeness (QED) is 0.125. The van der Waals surface area contributed by atoms with Crippen molar-refractivity contribution in [2.24, 2.45) is 4.99 Å². The molecule has 2 amide bonds. The lowest BCUT2D eigenvalue weighted by Gasteiger charge is -2.35. The van der Waals surface area contributed by atoms with Crippen LogP contribution in [0.3, 0.4) is 0 Å². The molecule has 0 fully saturated rings. The average Bonchev–Trinajstić information content (AvgIpc) is 3.24. The Kier molecular flexibility index (Phi) is 10.1. The van der Waals surface area contributed by atoms with E-state index in [9.17, 15) is 14.4 Å². The number of carbonyl (C=O) groups excluding carboxylic acids is 3. The van der Waals surface area contributed by atoms with Crippen molar-refractivity contribution >= 4 is 64.4 Å². The number of rotatable bonds is 7. The van der Waals surface area contributed by atoms with Crippen LogP contribution < -0.4 is 10.2 Å². The van der Waals surface area contributed by atoms with Gasteiger partial charge in [-0.2, -0.15) is 0 Å². The highest BCUT2D eigenvalue weighted by molar-refractivity contribution is 6.67. The van der Waals surface area contributed by atoms with Gasteiger partial charge in [-0.25, -0.2) is 14.4 Å². The lowest BCUT2D eigenvalue weighted by atomic mass is 9.88. The van der Waals surface area contributed by atoms with E-state index in [0.717, 1.165) is 4.90 Å². The molecule has 1 aliphatic heterocycles. The normalized spacial score (nSPS) is 17.7. The highest BCUT2D eigenvalue weighted by Gasteiger charge is 2.61. The maximum Gasteiger partial charge on any atom is 0.416 e. The van der Waals surface area contributed by atoms with Crippen molar-refractivity contribution in [3.05, 3.63) is 102 Å². The van der Waals surface area contributed by atoms with E-state index >= 15 is 0 Å². The minimum absolute atomic E-state index is 0.0128. The number of para-hydroxylation sites is 1. The Labute approximate surface area is 271 Å². The minimum atomic E-state index is -2.04. The van der Waals surface area contributed by atoms with Crippen molar-refractivity contribution in [2.45, 2.75) is 48.8 Å². The molecule has 3 aromatic carbocycles. The van der Waals surface area contributed by atoms with E-state index in [2.05, 4.69) is 5.32 Å². The number of nitrogens with zero attached hydrogens (tertiary/aromatic N) is 2. The number of fused-ring (bicyclic) bond motifs is 1. The highest BCUT2D eigenvalue weighted by atomic mass is 35.6. The molecule has 1 aliphatic rings.